The SMILES string of the molecule is CC(=O)NC12CCC(CO)(C1)OC2. The van der Waals surface area contributed by atoms with E-state index in [2.05, 4.69) is 5.32 Å². The highest BCUT2D eigenvalue weighted by atomic mass is 16.5. The quantitative estimate of drug-likeness (QED) is 0.626. The third kappa shape index (κ3) is 1.34. The van der Waals surface area contributed by atoms with E-state index in [1.54, 1.807) is 0 Å². The Morgan fingerprint density at radius 3 is 2.77 bits per heavy atom. The van der Waals surface area contributed by atoms with E-state index in [9.17, 15) is 4.79 Å². The second-order valence-corrected chi connectivity index (χ2v) is 4.27. The van der Waals surface area contributed by atoms with Crippen LogP contribution in [0, 0.1) is 0 Å². The van der Waals surface area contributed by atoms with Crippen molar-refractivity contribution in [3.63, 3.8) is 0 Å². The molecule has 1 saturated carbocycles. The van der Waals surface area contributed by atoms with Crippen molar-refractivity contribution in [1.82, 2.24) is 5.32 Å². The van der Waals surface area contributed by atoms with E-state index < -0.39 is 0 Å². The topological polar surface area (TPSA) is 58.6 Å². The van der Waals surface area contributed by atoms with Gasteiger partial charge in [-0.1, -0.05) is 0 Å². The molecule has 2 aliphatic rings. The Hall–Kier alpha value is -0.610. The molecule has 1 heterocycles. The molecule has 0 radical (unpaired) electrons. The van der Waals surface area contributed by atoms with E-state index in [-0.39, 0.29) is 23.7 Å². The molecule has 2 unspecified atom stereocenters. The van der Waals surface area contributed by atoms with E-state index in [1.165, 1.54) is 6.92 Å². The molecule has 1 saturated heterocycles. The second kappa shape index (κ2) is 2.69. The molecule has 4 heteroatoms. The lowest BCUT2D eigenvalue weighted by Gasteiger charge is -2.27. The van der Waals surface area contributed by atoms with Gasteiger partial charge in [-0.15, -0.1) is 0 Å². The summed E-state index contributed by atoms with van der Waals surface area (Å²) in [5.41, 5.74) is -0.545. The zero-order chi connectivity index (χ0) is 9.53. The average Bonchev–Trinajstić information content (AvgIpc) is 2.59. The van der Waals surface area contributed by atoms with Crippen LogP contribution in [0.1, 0.15) is 26.2 Å². The van der Waals surface area contributed by atoms with Gasteiger partial charge in [-0.05, 0) is 12.8 Å². The third-order valence-corrected chi connectivity index (χ3v) is 3.10. The number of rotatable bonds is 2. The normalized spacial score (nSPS) is 42.3. The van der Waals surface area contributed by atoms with Crippen molar-refractivity contribution in [3.8, 4) is 0 Å². The zero-order valence-electron chi connectivity index (χ0n) is 7.80. The van der Waals surface area contributed by atoms with Gasteiger partial charge in [0.05, 0.1) is 24.4 Å². The molecule has 13 heavy (non-hydrogen) atoms. The maximum absolute atomic E-state index is 10.9. The fraction of sp³-hybridized carbons (Fsp3) is 0.889. The van der Waals surface area contributed by atoms with E-state index in [0.29, 0.717) is 6.61 Å². The van der Waals surface area contributed by atoms with Gasteiger partial charge in [-0.3, -0.25) is 4.79 Å². The van der Waals surface area contributed by atoms with Gasteiger partial charge in [0, 0.05) is 13.3 Å². The minimum absolute atomic E-state index is 0.0146. The van der Waals surface area contributed by atoms with Crippen LogP contribution in [-0.4, -0.2) is 35.4 Å². The smallest absolute Gasteiger partial charge is 0.217 e. The lowest BCUT2D eigenvalue weighted by Crippen LogP contribution is -2.47. The highest BCUT2D eigenvalue weighted by Crippen LogP contribution is 2.46. The summed E-state index contributed by atoms with van der Waals surface area (Å²) in [6.45, 7) is 2.13. The maximum Gasteiger partial charge on any atom is 0.217 e. The molecule has 0 spiro atoms. The Morgan fingerprint density at radius 2 is 2.38 bits per heavy atom. The molecule has 1 amide bonds. The summed E-state index contributed by atoms with van der Waals surface area (Å²) < 4.78 is 5.53. The van der Waals surface area contributed by atoms with Gasteiger partial charge in [-0.2, -0.15) is 0 Å². The van der Waals surface area contributed by atoms with Crippen LogP contribution < -0.4 is 5.32 Å². The first kappa shape index (κ1) is 8.97. The van der Waals surface area contributed by atoms with Crippen molar-refractivity contribution in [2.24, 2.45) is 0 Å². The molecule has 1 aliphatic heterocycles. The fourth-order valence-corrected chi connectivity index (χ4v) is 2.49. The van der Waals surface area contributed by atoms with Crippen LogP contribution in [0.25, 0.3) is 0 Å². The van der Waals surface area contributed by atoms with Gasteiger partial charge < -0.3 is 15.2 Å². The first-order valence-corrected chi connectivity index (χ1v) is 4.63. The summed E-state index contributed by atoms with van der Waals surface area (Å²) in [7, 11) is 0. The predicted octanol–water partition coefficient (Wildman–Crippen LogP) is -0.194. The van der Waals surface area contributed by atoms with Crippen LogP contribution in [0.2, 0.25) is 0 Å². The highest BCUT2D eigenvalue weighted by Gasteiger charge is 2.55. The molecule has 4 nitrogen and oxygen atoms in total. The minimum Gasteiger partial charge on any atom is -0.393 e. The Morgan fingerprint density at radius 1 is 1.62 bits per heavy atom. The van der Waals surface area contributed by atoms with Gasteiger partial charge >= 0.3 is 0 Å². The van der Waals surface area contributed by atoms with Gasteiger partial charge in [0.25, 0.3) is 0 Å². The number of amides is 1. The Labute approximate surface area is 77.3 Å². The average molecular weight is 185 g/mol. The molecule has 2 N–H and O–H groups in total. The molecule has 1 aliphatic carbocycles. The van der Waals surface area contributed by atoms with Crippen molar-refractivity contribution < 1.29 is 14.6 Å². The van der Waals surface area contributed by atoms with E-state index in [0.717, 1.165) is 19.3 Å². The number of ether oxygens (including phenoxy) is 1. The van der Waals surface area contributed by atoms with Crippen LogP contribution in [0.3, 0.4) is 0 Å². The summed E-state index contributed by atoms with van der Waals surface area (Å²) in [4.78, 5) is 10.9. The fourth-order valence-electron chi connectivity index (χ4n) is 2.49. The number of nitrogens with one attached hydrogen (secondary N) is 1. The standard InChI is InChI=1S/C9H15NO3/c1-7(12)10-8-2-3-9(4-8,5-11)13-6-8/h11H,2-6H2,1H3,(H,10,12). The van der Waals surface area contributed by atoms with Crippen LogP contribution in [-0.2, 0) is 9.53 Å². The molecule has 0 aromatic carbocycles. The van der Waals surface area contributed by atoms with E-state index >= 15 is 0 Å². The molecule has 0 aromatic rings. The maximum atomic E-state index is 10.9. The summed E-state index contributed by atoms with van der Waals surface area (Å²) in [5, 5.41) is 12.1. The molecule has 2 fully saturated rings. The number of aliphatic hydroxyl groups is 1. The summed E-state index contributed by atoms with van der Waals surface area (Å²) in [6.07, 6.45) is 2.53. The second-order valence-electron chi connectivity index (χ2n) is 4.27. The van der Waals surface area contributed by atoms with Crippen molar-refractivity contribution in [2.75, 3.05) is 13.2 Å². The van der Waals surface area contributed by atoms with E-state index in [1.807, 2.05) is 0 Å². The molecule has 2 atom stereocenters. The monoisotopic (exact) mass is 185 g/mol. The molecule has 2 rings (SSSR count). The number of carbonyl (C=O) groups is 1. The lowest BCUT2D eigenvalue weighted by atomic mass is 9.99. The van der Waals surface area contributed by atoms with Gasteiger partial charge in [0.15, 0.2) is 0 Å². The van der Waals surface area contributed by atoms with Crippen LogP contribution >= 0.6 is 0 Å². The predicted molar refractivity (Wildman–Crippen MR) is 46.2 cm³/mol. The van der Waals surface area contributed by atoms with Crippen molar-refractivity contribution in [1.29, 1.82) is 0 Å². The van der Waals surface area contributed by atoms with Crippen molar-refractivity contribution >= 4 is 5.91 Å². The van der Waals surface area contributed by atoms with Gasteiger partial charge in [-0.25, -0.2) is 0 Å². The summed E-state index contributed by atoms with van der Waals surface area (Å²) in [6, 6.07) is 0. The highest BCUT2D eigenvalue weighted by molar-refractivity contribution is 5.74. The first-order valence-electron chi connectivity index (χ1n) is 4.63. The van der Waals surface area contributed by atoms with Crippen LogP contribution in [0.5, 0.6) is 0 Å². The minimum atomic E-state index is -0.359. The molecular formula is C9H15NO3. The number of hydrogen-bond acceptors (Lipinski definition) is 3. The van der Waals surface area contributed by atoms with Crippen LogP contribution in [0.15, 0.2) is 0 Å². The molecule has 0 aromatic heterocycles. The van der Waals surface area contributed by atoms with E-state index in [4.69, 9.17) is 9.84 Å². The Bertz CT molecular complexity index is 231. The van der Waals surface area contributed by atoms with Crippen LogP contribution in [0.4, 0.5) is 0 Å². The van der Waals surface area contributed by atoms with Gasteiger partial charge in [0.1, 0.15) is 0 Å². The van der Waals surface area contributed by atoms with Crippen molar-refractivity contribution in [3.05, 3.63) is 0 Å². The third-order valence-electron chi connectivity index (χ3n) is 3.10. The summed E-state index contributed by atoms with van der Waals surface area (Å²) >= 11 is 0. The first-order chi connectivity index (χ1) is 6.10. The number of aliphatic hydroxyl groups excluding tert-OH is 1. The lowest BCUT2D eigenvalue weighted by molar-refractivity contribution is -0.121. The molecule has 2 bridgehead atoms. The summed E-state index contributed by atoms with van der Waals surface area (Å²) in [5.74, 6) is -0.0146. The number of carbonyl (C=O) groups excluding carboxylic acids is 1. The largest absolute Gasteiger partial charge is 0.393 e. The molecule has 74 valence electrons. The van der Waals surface area contributed by atoms with Gasteiger partial charge in [0.2, 0.25) is 5.91 Å². The molecular weight excluding hydrogens is 170 g/mol. The number of fused-ring (bicyclic) bond motifs is 2. The van der Waals surface area contributed by atoms with Crippen molar-refractivity contribution in [2.45, 2.75) is 37.3 Å². The zero-order valence-corrected chi connectivity index (χ0v) is 7.80. The Kier molecular flexibility index (Phi) is 1.85. The number of hydrogen-bond donors (Lipinski definition) is 2. The Balaban J connectivity index is 2.09.